The largest absolute Gasteiger partial charge is 0.339 e. The van der Waals surface area contributed by atoms with Gasteiger partial charge in [-0.1, -0.05) is 29.8 Å². The van der Waals surface area contributed by atoms with Crippen molar-refractivity contribution in [2.75, 3.05) is 45.8 Å². The molecule has 5 heteroatoms. The van der Waals surface area contributed by atoms with E-state index >= 15 is 0 Å². The monoisotopic (exact) mass is 357 g/mol. The molecule has 5 nitrogen and oxygen atoms in total. The Bertz CT molecular complexity index is 617. The topological polar surface area (TPSA) is 43.9 Å². The molecule has 3 rings (SSSR count). The lowest BCUT2D eigenvalue weighted by molar-refractivity contribution is -0.139. The molecule has 26 heavy (non-hydrogen) atoms. The van der Waals surface area contributed by atoms with E-state index in [-0.39, 0.29) is 11.8 Å². The number of nitrogens with zero attached hydrogens (tertiary/aromatic N) is 3. The van der Waals surface area contributed by atoms with E-state index in [0.29, 0.717) is 39.0 Å². The third kappa shape index (κ3) is 5.31. The summed E-state index contributed by atoms with van der Waals surface area (Å²) in [7, 11) is 0. The van der Waals surface area contributed by atoms with Crippen LogP contribution in [0.4, 0.5) is 0 Å². The molecule has 1 aromatic carbocycles. The van der Waals surface area contributed by atoms with Crippen LogP contribution in [0, 0.1) is 6.92 Å². The van der Waals surface area contributed by atoms with Gasteiger partial charge in [0.15, 0.2) is 0 Å². The zero-order valence-corrected chi connectivity index (χ0v) is 16.0. The fourth-order valence-corrected chi connectivity index (χ4v) is 3.90. The van der Waals surface area contributed by atoms with Crippen molar-refractivity contribution in [3.8, 4) is 0 Å². The number of hydrogen-bond donors (Lipinski definition) is 0. The average molecular weight is 357 g/mol. The molecule has 2 aliphatic heterocycles. The first-order valence-corrected chi connectivity index (χ1v) is 9.95. The van der Waals surface area contributed by atoms with Crippen LogP contribution >= 0.6 is 0 Å². The quantitative estimate of drug-likeness (QED) is 0.783. The second-order valence-corrected chi connectivity index (χ2v) is 7.55. The second-order valence-electron chi connectivity index (χ2n) is 7.55. The summed E-state index contributed by atoms with van der Waals surface area (Å²) in [4.78, 5) is 31.0. The van der Waals surface area contributed by atoms with Gasteiger partial charge in [-0.25, -0.2) is 0 Å². The maximum atomic E-state index is 12.4. The maximum Gasteiger partial charge on any atom is 0.223 e. The van der Waals surface area contributed by atoms with Crippen LogP contribution in [0.3, 0.4) is 0 Å². The number of amides is 2. The van der Waals surface area contributed by atoms with Gasteiger partial charge >= 0.3 is 0 Å². The normalized spacial score (nSPS) is 18.3. The minimum Gasteiger partial charge on any atom is -0.339 e. The summed E-state index contributed by atoms with van der Waals surface area (Å²) in [5.41, 5.74) is 2.45. The highest BCUT2D eigenvalue weighted by molar-refractivity contribution is 5.78. The van der Waals surface area contributed by atoms with Gasteiger partial charge in [-0.15, -0.1) is 0 Å². The minimum atomic E-state index is 0.204. The van der Waals surface area contributed by atoms with Crippen LogP contribution in [0.5, 0.6) is 0 Å². The van der Waals surface area contributed by atoms with Crippen LogP contribution in [0.15, 0.2) is 24.3 Å². The van der Waals surface area contributed by atoms with Crippen LogP contribution in [-0.4, -0.2) is 72.3 Å². The fourth-order valence-electron chi connectivity index (χ4n) is 3.90. The molecule has 2 saturated heterocycles. The Morgan fingerprint density at radius 1 is 0.885 bits per heavy atom. The summed E-state index contributed by atoms with van der Waals surface area (Å²) in [6, 6.07) is 8.34. The molecule has 0 saturated carbocycles. The molecule has 0 aromatic heterocycles. The molecule has 2 amide bonds. The second kappa shape index (κ2) is 9.17. The summed E-state index contributed by atoms with van der Waals surface area (Å²) in [5, 5.41) is 0. The number of carbonyl (C=O) groups is 2. The summed E-state index contributed by atoms with van der Waals surface area (Å²) >= 11 is 0. The van der Waals surface area contributed by atoms with Gasteiger partial charge < -0.3 is 14.7 Å². The molecule has 1 aromatic rings. The van der Waals surface area contributed by atoms with Gasteiger partial charge in [-0.2, -0.15) is 0 Å². The zero-order chi connectivity index (χ0) is 18.4. The Morgan fingerprint density at radius 2 is 1.50 bits per heavy atom. The molecule has 0 N–H and O–H groups in total. The van der Waals surface area contributed by atoms with Gasteiger partial charge in [-0.05, 0) is 44.8 Å². The predicted molar refractivity (Wildman–Crippen MR) is 103 cm³/mol. The van der Waals surface area contributed by atoms with E-state index in [4.69, 9.17) is 0 Å². The number of carbonyl (C=O) groups excluding carboxylic acids is 2. The summed E-state index contributed by atoms with van der Waals surface area (Å²) in [5.74, 6) is 0.444. The van der Waals surface area contributed by atoms with Crippen LogP contribution in [0.1, 0.15) is 36.8 Å². The SMILES string of the molecule is Cc1cccc(CCC(=O)N2CCN(C(=O)CCN3CCCC3)CC2)c1. The highest BCUT2D eigenvalue weighted by atomic mass is 16.2. The lowest BCUT2D eigenvalue weighted by atomic mass is 10.1. The predicted octanol–water partition coefficient (Wildman–Crippen LogP) is 2.08. The van der Waals surface area contributed by atoms with Crippen LogP contribution in [0.2, 0.25) is 0 Å². The molecule has 2 aliphatic rings. The van der Waals surface area contributed by atoms with E-state index in [1.54, 1.807) is 0 Å². The first-order valence-electron chi connectivity index (χ1n) is 9.95. The molecule has 0 aliphatic carbocycles. The van der Waals surface area contributed by atoms with Gasteiger partial charge in [-0.3, -0.25) is 9.59 Å². The third-order valence-corrected chi connectivity index (χ3v) is 5.54. The van der Waals surface area contributed by atoms with Crippen molar-refractivity contribution >= 4 is 11.8 Å². The molecule has 0 bridgehead atoms. The summed E-state index contributed by atoms with van der Waals surface area (Å²) < 4.78 is 0. The molecule has 2 heterocycles. The summed E-state index contributed by atoms with van der Waals surface area (Å²) in [6.07, 6.45) is 4.47. The van der Waals surface area contributed by atoms with Crippen molar-refractivity contribution < 1.29 is 9.59 Å². The van der Waals surface area contributed by atoms with E-state index in [0.717, 1.165) is 26.1 Å². The molecular weight excluding hydrogens is 326 g/mol. The molecule has 0 unspecified atom stereocenters. The van der Waals surface area contributed by atoms with Crippen molar-refractivity contribution in [2.45, 2.75) is 39.0 Å². The number of benzene rings is 1. The van der Waals surface area contributed by atoms with E-state index in [1.165, 1.54) is 24.0 Å². The van der Waals surface area contributed by atoms with Crippen molar-refractivity contribution in [2.24, 2.45) is 0 Å². The molecule has 2 fully saturated rings. The number of aryl methyl sites for hydroxylation is 2. The average Bonchev–Trinajstić information content (AvgIpc) is 3.18. The van der Waals surface area contributed by atoms with Gasteiger partial charge in [0.2, 0.25) is 11.8 Å². The Kier molecular flexibility index (Phi) is 6.67. The Balaban J connectivity index is 1.37. The van der Waals surface area contributed by atoms with E-state index in [9.17, 15) is 9.59 Å². The van der Waals surface area contributed by atoms with E-state index in [1.807, 2.05) is 15.9 Å². The van der Waals surface area contributed by atoms with Crippen LogP contribution < -0.4 is 0 Å². The van der Waals surface area contributed by atoms with Crippen LogP contribution in [0.25, 0.3) is 0 Å². The van der Waals surface area contributed by atoms with E-state index < -0.39 is 0 Å². The van der Waals surface area contributed by atoms with Gasteiger partial charge in [0.05, 0.1) is 0 Å². The van der Waals surface area contributed by atoms with Gasteiger partial charge in [0.25, 0.3) is 0 Å². The van der Waals surface area contributed by atoms with Crippen molar-refractivity contribution in [3.63, 3.8) is 0 Å². The first kappa shape index (κ1) is 18.9. The fraction of sp³-hybridized carbons (Fsp3) is 0.619. The molecule has 142 valence electrons. The standard InChI is InChI=1S/C21H31N3O2/c1-18-5-4-6-19(17-18)7-8-20(25)23-13-15-24(16-14-23)21(26)9-12-22-10-2-3-11-22/h4-6,17H,2-3,7-16H2,1H3. The summed E-state index contributed by atoms with van der Waals surface area (Å²) in [6.45, 7) is 7.92. The van der Waals surface area contributed by atoms with Crippen LogP contribution in [-0.2, 0) is 16.0 Å². The Morgan fingerprint density at radius 3 is 2.12 bits per heavy atom. The number of rotatable bonds is 6. The van der Waals surface area contributed by atoms with Gasteiger partial charge in [0.1, 0.15) is 0 Å². The smallest absolute Gasteiger partial charge is 0.223 e. The lowest BCUT2D eigenvalue weighted by Gasteiger charge is -2.35. The number of hydrogen-bond acceptors (Lipinski definition) is 3. The molecule has 0 spiro atoms. The van der Waals surface area contributed by atoms with Crippen molar-refractivity contribution in [3.05, 3.63) is 35.4 Å². The maximum absolute atomic E-state index is 12.4. The number of piperazine rings is 1. The van der Waals surface area contributed by atoms with E-state index in [2.05, 4.69) is 30.0 Å². The highest BCUT2D eigenvalue weighted by Crippen LogP contribution is 2.12. The van der Waals surface area contributed by atoms with Crippen molar-refractivity contribution in [1.82, 2.24) is 14.7 Å². The Hall–Kier alpha value is -1.88. The van der Waals surface area contributed by atoms with Crippen molar-refractivity contribution in [1.29, 1.82) is 0 Å². The Labute approximate surface area is 156 Å². The van der Waals surface area contributed by atoms with Gasteiger partial charge in [0, 0.05) is 45.6 Å². The zero-order valence-electron chi connectivity index (χ0n) is 16.0. The molecule has 0 atom stereocenters. The molecule has 0 radical (unpaired) electrons. The number of likely N-dealkylation sites (tertiary alicyclic amines) is 1. The lowest BCUT2D eigenvalue weighted by Crippen LogP contribution is -2.51. The third-order valence-electron chi connectivity index (χ3n) is 5.54. The minimum absolute atomic E-state index is 0.204. The first-order chi connectivity index (χ1) is 12.6. The highest BCUT2D eigenvalue weighted by Gasteiger charge is 2.24. The molecular formula is C21H31N3O2.